The SMILES string of the molecule is Cc1ccc(C(F)(F)F)c(Oc2ccc(NC(=O)c3c(C)cc(F)cc3F)cc2)c1. The largest absolute Gasteiger partial charge is 0.457 e. The highest BCUT2D eigenvalue weighted by Gasteiger charge is 2.34. The van der Waals surface area contributed by atoms with Crippen molar-refractivity contribution in [3.05, 3.63) is 88.5 Å². The van der Waals surface area contributed by atoms with E-state index >= 15 is 0 Å². The molecule has 0 unspecified atom stereocenters. The highest BCUT2D eigenvalue weighted by molar-refractivity contribution is 6.05. The molecule has 156 valence electrons. The van der Waals surface area contributed by atoms with Gasteiger partial charge in [0.05, 0.1) is 11.1 Å². The van der Waals surface area contributed by atoms with Crippen LogP contribution in [0.4, 0.5) is 27.6 Å². The van der Waals surface area contributed by atoms with Crippen molar-refractivity contribution in [1.82, 2.24) is 0 Å². The van der Waals surface area contributed by atoms with Gasteiger partial charge < -0.3 is 10.1 Å². The van der Waals surface area contributed by atoms with E-state index in [0.717, 1.165) is 12.1 Å². The van der Waals surface area contributed by atoms with Gasteiger partial charge in [-0.25, -0.2) is 8.78 Å². The predicted octanol–water partition coefficient (Wildman–Crippen LogP) is 6.65. The number of rotatable bonds is 4. The zero-order valence-electron chi connectivity index (χ0n) is 15.9. The number of ether oxygens (including phenoxy) is 1. The molecule has 3 nitrogen and oxygen atoms in total. The molecule has 0 aromatic heterocycles. The van der Waals surface area contributed by atoms with Crippen LogP contribution in [0, 0.1) is 25.5 Å². The van der Waals surface area contributed by atoms with Gasteiger partial charge in [0.15, 0.2) is 0 Å². The van der Waals surface area contributed by atoms with Crippen LogP contribution in [0.1, 0.15) is 27.0 Å². The van der Waals surface area contributed by atoms with Crippen LogP contribution in [0.2, 0.25) is 0 Å². The molecule has 0 heterocycles. The van der Waals surface area contributed by atoms with Crippen LogP contribution in [-0.2, 0) is 6.18 Å². The van der Waals surface area contributed by atoms with Crippen LogP contribution in [0.5, 0.6) is 11.5 Å². The molecule has 0 aliphatic carbocycles. The zero-order chi connectivity index (χ0) is 22.1. The molecule has 30 heavy (non-hydrogen) atoms. The number of anilines is 1. The average Bonchev–Trinajstić information content (AvgIpc) is 2.61. The Labute approximate surface area is 169 Å². The Kier molecular flexibility index (Phi) is 5.78. The lowest BCUT2D eigenvalue weighted by Crippen LogP contribution is -2.15. The third kappa shape index (κ3) is 4.76. The van der Waals surface area contributed by atoms with Crippen LogP contribution in [0.15, 0.2) is 54.6 Å². The molecule has 0 aliphatic heterocycles. The molecule has 1 amide bonds. The average molecular weight is 421 g/mol. The second-order valence-electron chi connectivity index (χ2n) is 6.66. The first-order valence-corrected chi connectivity index (χ1v) is 8.77. The van der Waals surface area contributed by atoms with Crippen molar-refractivity contribution in [2.24, 2.45) is 0 Å². The van der Waals surface area contributed by atoms with Gasteiger partial charge in [0.1, 0.15) is 23.1 Å². The number of benzene rings is 3. The van der Waals surface area contributed by atoms with Crippen molar-refractivity contribution < 1.29 is 31.5 Å². The third-order valence-electron chi connectivity index (χ3n) is 4.26. The van der Waals surface area contributed by atoms with Gasteiger partial charge >= 0.3 is 6.18 Å². The van der Waals surface area contributed by atoms with Crippen molar-refractivity contribution >= 4 is 11.6 Å². The summed E-state index contributed by atoms with van der Waals surface area (Å²) in [5.74, 6) is -2.80. The van der Waals surface area contributed by atoms with E-state index < -0.39 is 29.3 Å². The number of carbonyl (C=O) groups excluding carboxylic acids is 1. The summed E-state index contributed by atoms with van der Waals surface area (Å²) >= 11 is 0. The molecule has 8 heteroatoms. The molecule has 0 radical (unpaired) electrons. The van der Waals surface area contributed by atoms with E-state index in [1.54, 1.807) is 6.92 Å². The van der Waals surface area contributed by atoms with Gasteiger partial charge in [-0.1, -0.05) is 6.07 Å². The van der Waals surface area contributed by atoms with Crippen LogP contribution in [0.3, 0.4) is 0 Å². The first kappa shape index (κ1) is 21.3. The van der Waals surface area contributed by atoms with Gasteiger partial charge in [-0.05, 0) is 67.4 Å². The molecule has 0 spiro atoms. The fourth-order valence-electron chi connectivity index (χ4n) is 2.86. The Bertz CT molecular complexity index is 1070. The fourth-order valence-corrected chi connectivity index (χ4v) is 2.86. The van der Waals surface area contributed by atoms with Crippen molar-refractivity contribution in [3.63, 3.8) is 0 Å². The highest BCUT2D eigenvalue weighted by atomic mass is 19.4. The molecule has 3 aromatic rings. The Morgan fingerprint density at radius 3 is 2.20 bits per heavy atom. The van der Waals surface area contributed by atoms with Gasteiger partial charge in [0.25, 0.3) is 5.91 Å². The summed E-state index contributed by atoms with van der Waals surface area (Å²) in [5.41, 5.74) is -0.225. The molecule has 1 N–H and O–H groups in total. The molecule has 0 saturated carbocycles. The van der Waals surface area contributed by atoms with E-state index in [1.807, 2.05) is 0 Å². The summed E-state index contributed by atoms with van der Waals surface area (Å²) in [4.78, 5) is 12.3. The minimum atomic E-state index is -4.58. The lowest BCUT2D eigenvalue weighted by atomic mass is 10.1. The minimum absolute atomic E-state index is 0.119. The maximum absolute atomic E-state index is 13.9. The number of halogens is 5. The molecule has 3 rings (SSSR count). The van der Waals surface area contributed by atoms with Crippen molar-refractivity contribution in [2.45, 2.75) is 20.0 Å². The minimum Gasteiger partial charge on any atom is -0.457 e. The number of nitrogens with one attached hydrogen (secondary N) is 1. The number of hydrogen-bond acceptors (Lipinski definition) is 2. The van der Waals surface area contributed by atoms with Gasteiger partial charge in [0, 0.05) is 11.8 Å². The van der Waals surface area contributed by atoms with E-state index in [-0.39, 0.29) is 28.3 Å². The van der Waals surface area contributed by atoms with Gasteiger partial charge in [-0.3, -0.25) is 4.79 Å². The Morgan fingerprint density at radius 2 is 1.60 bits per heavy atom. The number of carbonyl (C=O) groups is 1. The Hall–Kier alpha value is -3.42. The van der Waals surface area contributed by atoms with Crippen LogP contribution < -0.4 is 10.1 Å². The quantitative estimate of drug-likeness (QED) is 0.479. The zero-order valence-corrected chi connectivity index (χ0v) is 15.9. The lowest BCUT2D eigenvalue weighted by molar-refractivity contribution is -0.138. The number of aryl methyl sites for hydroxylation is 2. The maximum Gasteiger partial charge on any atom is 0.419 e. The van der Waals surface area contributed by atoms with E-state index in [9.17, 15) is 26.7 Å². The second-order valence-corrected chi connectivity index (χ2v) is 6.66. The van der Waals surface area contributed by atoms with Gasteiger partial charge in [0.2, 0.25) is 0 Å². The Balaban J connectivity index is 1.78. The van der Waals surface area contributed by atoms with E-state index in [2.05, 4.69) is 5.32 Å². The van der Waals surface area contributed by atoms with Crippen molar-refractivity contribution in [1.29, 1.82) is 0 Å². The summed E-state index contributed by atoms with van der Waals surface area (Å²) in [7, 11) is 0. The molecular formula is C22H16F5NO2. The number of hydrogen-bond donors (Lipinski definition) is 1. The van der Waals surface area contributed by atoms with Gasteiger partial charge in [-0.2, -0.15) is 13.2 Å². The predicted molar refractivity (Wildman–Crippen MR) is 102 cm³/mol. The Morgan fingerprint density at radius 1 is 0.933 bits per heavy atom. The molecule has 3 aromatic carbocycles. The summed E-state index contributed by atoms with van der Waals surface area (Å²) in [5, 5.41) is 2.46. The maximum atomic E-state index is 13.9. The fraction of sp³-hybridized carbons (Fsp3) is 0.136. The van der Waals surface area contributed by atoms with E-state index in [0.29, 0.717) is 11.6 Å². The molecule has 0 bridgehead atoms. The van der Waals surface area contributed by atoms with E-state index in [1.165, 1.54) is 43.3 Å². The smallest absolute Gasteiger partial charge is 0.419 e. The van der Waals surface area contributed by atoms with Gasteiger partial charge in [-0.15, -0.1) is 0 Å². The highest BCUT2D eigenvalue weighted by Crippen LogP contribution is 2.38. The summed E-state index contributed by atoms with van der Waals surface area (Å²) in [6.07, 6.45) is -4.58. The van der Waals surface area contributed by atoms with Crippen LogP contribution in [-0.4, -0.2) is 5.91 Å². The molecule has 0 atom stereocenters. The lowest BCUT2D eigenvalue weighted by Gasteiger charge is -2.15. The molecule has 0 fully saturated rings. The first-order chi connectivity index (χ1) is 14.0. The van der Waals surface area contributed by atoms with Crippen LogP contribution >= 0.6 is 0 Å². The normalized spacial score (nSPS) is 11.3. The monoisotopic (exact) mass is 421 g/mol. The van der Waals surface area contributed by atoms with Crippen molar-refractivity contribution in [2.75, 3.05) is 5.32 Å². The molecular weight excluding hydrogens is 405 g/mol. The summed E-state index contributed by atoms with van der Waals surface area (Å²) in [6, 6.07) is 10.7. The standard InChI is InChI=1S/C22H16F5NO2/c1-12-3-8-17(22(25,26)27)19(9-12)30-16-6-4-15(5-7-16)28-21(29)20-13(2)10-14(23)11-18(20)24/h3-11H,1-2H3,(H,28,29). The number of alkyl halides is 3. The third-order valence-corrected chi connectivity index (χ3v) is 4.26. The van der Waals surface area contributed by atoms with Crippen molar-refractivity contribution in [3.8, 4) is 11.5 Å². The molecule has 0 aliphatic rings. The summed E-state index contributed by atoms with van der Waals surface area (Å²) < 4.78 is 72.0. The summed E-state index contributed by atoms with van der Waals surface area (Å²) in [6.45, 7) is 3.04. The van der Waals surface area contributed by atoms with Crippen LogP contribution in [0.25, 0.3) is 0 Å². The molecule has 0 saturated heterocycles. The second kappa shape index (κ2) is 8.14. The first-order valence-electron chi connectivity index (χ1n) is 8.77. The van der Waals surface area contributed by atoms with E-state index in [4.69, 9.17) is 4.74 Å². The topological polar surface area (TPSA) is 38.3 Å². The number of amides is 1.